The lowest BCUT2D eigenvalue weighted by atomic mass is 10.1. The summed E-state index contributed by atoms with van der Waals surface area (Å²) >= 11 is 0. The van der Waals surface area contributed by atoms with E-state index in [4.69, 9.17) is 9.57 Å². The van der Waals surface area contributed by atoms with Gasteiger partial charge in [-0.15, -0.1) is 0 Å². The average Bonchev–Trinajstić information content (AvgIpc) is 3.24. The number of halogens is 1. The van der Waals surface area contributed by atoms with Crippen LogP contribution < -0.4 is 15.5 Å². The highest BCUT2D eigenvalue weighted by Gasteiger charge is 2.28. The Hall–Kier alpha value is -3.27. The number of anilines is 1. The molecule has 9 nitrogen and oxygen atoms in total. The average molecular weight is 385 g/mol. The van der Waals surface area contributed by atoms with E-state index < -0.39 is 17.6 Å². The van der Waals surface area contributed by atoms with Crippen molar-refractivity contribution >= 4 is 17.3 Å². The van der Waals surface area contributed by atoms with Crippen LogP contribution in [0.1, 0.15) is 38.0 Å². The Morgan fingerprint density at radius 1 is 1.36 bits per heavy atom. The van der Waals surface area contributed by atoms with Crippen molar-refractivity contribution in [1.82, 2.24) is 25.1 Å². The van der Waals surface area contributed by atoms with E-state index in [-0.39, 0.29) is 0 Å². The Kier molecular flexibility index (Phi) is 4.34. The molecule has 0 radical (unpaired) electrons. The minimum absolute atomic E-state index is 0.367. The van der Waals surface area contributed by atoms with E-state index >= 15 is 0 Å². The highest BCUT2D eigenvalue weighted by molar-refractivity contribution is 6.03. The summed E-state index contributed by atoms with van der Waals surface area (Å²) in [5.74, 6) is 1.03. The largest absolute Gasteiger partial charge is 0.470 e. The molecule has 0 fully saturated rings. The van der Waals surface area contributed by atoms with Crippen LogP contribution in [-0.2, 0) is 4.84 Å². The first-order valence-electron chi connectivity index (χ1n) is 8.75. The third-order valence-electron chi connectivity index (χ3n) is 4.23. The van der Waals surface area contributed by atoms with Crippen LogP contribution >= 0.6 is 0 Å². The molecule has 0 aliphatic carbocycles. The molecule has 0 bridgehead atoms. The fourth-order valence-electron chi connectivity index (χ4n) is 2.91. The van der Waals surface area contributed by atoms with E-state index in [1.165, 1.54) is 6.07 Å². The summed E-state index contributed by atoms with van der Waals surface area (Å²) in [6.07, 6.45) is 4.07. The van der Waals surface area contributed by atoms with Gasteiger partial charge >= 0.3 is 0 Å². The first kappa shape index (κ1) is 18.1. The number of pyridine rings is 1. The number of aromatic nitrogens is 4. The van der Waals surface area contributed by atoms with E-state index in [1.54, 1.807) is 36.9 Å². The Morgan fingerprint density at radius 2 is 2.18 bits per heavy atom. The summed E-state index contributed by atoms with van der Waals surface area (Å²) in [6.45, 7) is 5.49. The second kappa shape index (κ2) is 6.71. The summed E-state index contributed by atoms with van der Waals surface area (Å²) in [7, 11) is 1.72. The van der Waals surface area contributed by atoms with Crippen molar-refractivity contribution in [2.45, 2.75) is 32.6 Å². The summed E-state index contributed by atoms with van der Waals surface area (Å²) < 4.78 is 21.2. The first-order valence-corrected chi connectivity index (χ1v) is 8.75. The Bertz CT molecular complexity index is 1060. The first-order chi connectivity index (χ1) is 13.4. The van der Waals surface area contributed by atoms with Gasteiger partial charge in [0.2, 0.25) is 5.88 Å². The van der Waals surface area contributed by atoms with Gasteiger partial charge in [0.05, 0.1) is 18.0 Å². The normalized spacial score (nSPS) is 16.5. The van der Waals surface area contributed by atoms with Crippen LogP contribution in [0.4, 0.5) is 10.2 Å². The van der Waals surface area contributed by atoms with Gasteiger partial charge in [-0.2, -0.15) is 10.1 Å². The number of hydrogen-bond donors (Lipinski definition) is 2. The third kappa shape index (κ3) is 3.33. The lowest BCUT2D eigenvalue weighted by Gasteiger charge is -2.17. The lowest BCUT2D eigenvalue weighted by molar-refractivity contribution is -0.0269. The molecule has 28 heavy (non-hydrogen) atoms. The number of nitrogens with zero attached hydrogens (tertiary/aromatic N) is 5. The Balaban J connectivity index is 1.65. The van der Waals surface area contributed by atoms with Crippen LogP contribution in [0.5, 0.6) is 5.88 Å². The van der Waals surface area contributed by atoms with Crippen LogP contribution in [0.25, 0.3) is 5.65 Å². The van der Waals surface area contributed by atoms with Crippen LogP contribution in [0.2, 0.25) is 0 Å². The van der Waals surface area contributed by atoms with Gasteiger partial charge in [0.15, 0.2) is 17.2 Å². The fourth-order valence-corrected chi connectivity index (χ4v) is 2.91. The second-order valence-electron chi connectivity index (χ2n) is 6.80. The maximum Gasteiger partial charge on any atom is 0.217 e. The molecular weight excluding hydrogens is 365 g/mol. The Labute approximate surface area is 160 Å². The predicted molar refractivity (Wildman–Crippen MR) is 101 cm³/mol. The predicted octanol–water partition coefficient (Wildman–Crippen LogP) is 2.46. The molecule has 1 atom stereocenters. The highest BCUT2D eigenvalue weighted by atomic mass is 19.1. The molecule has 4 rings (SSSR count). The van der Waals surface area contributed by atoms with Gasteiger partial charge in [-0.3, -0.25) is 0 Å². The zero-order valence-electron chi connectivity index (χ0n) is 15.9. The molecule has 1 aliphatic heterocycles. The molecule has 3 aromatic heterocycles. The molecule has 2 N–H and O–H groups in total. The minimum Gasteiger partial charge on any atom is -0.470 e. The SMILES string of the molecule is CNc1ncc(F)cc1[C@@H](C)Oc1ccn2ncc(C3=NC(C)(C)ON3)c2n1. The van der Waals surface area contributed by atoms with Gasteiger partial charge in [0.1, 0.15) is 17.7 Å². The second-order valence-corrected chi connectivity index (χ2v) is 6.80. The molecule has 3 aromatic rings. The van der Waals surface area contributed by atoms with Crippen molar-refractivity contribution in [1.29, 1.82) is 0 Å². The van der Waals surface area contributed by atoms with Crippen molar-refractivity contribution in [3.05, 3.63) is 47.7 Å². The zero-order chi connectivity index (χ0) is 19.9. The van der Waals surface area contributed by atoms with E-state index in [9.17, 15) is 4.39 Å². The number of hydrogen-bond acceptors (Lipinski definition) is 8. The molecule has 1 aliphatic rings. The topological polar surface area (TPSA) is 98.0 Å². The van der Waals surface area contributed by atoms with Crippen molar-refractivity contribution in [2.24, 2.45) is 4.99 Å². The molecule has 0 unspecified atom stereocenters. The number of hydroxylamine groups is 1. The van der Waals surface area contributed by atoms with Crippen molar-refractivity contribution in [3.8, 4) is 5.88 Å². The van der Waals surface area contributed by atoms with Gasteiger partial charge in [-0.05, 0) is 26.8 Å². The van der Waals surface area contributed by atoms with Gasteiger partial charge in [-0.1, -0.05) is 0 Å². The van der Waals surface area contributed by atoms with Crippen LogP contribution in [-0.4, -0.2) is 38.2 Å². The van der Waals surface area contributed by atoms with Crippen LogP contribution in [0, 0.1) is 5.82 Å². The molecular formula is C18H20FN7O2. The summed E-state index contributed by atoms with van der Waals surface area (Å²) in [5, 5.41) is 7.22. The quantitative estimate of drug-likeness (QED) is 0.696. The van der Waals surface area contributed by atoms with E-state index in [1.807, 2.05) is 13.8 Å². The van der Waals surface area contributed by atoms with E-state index in [0.717, 1.165) is 6.20 Å². The summed E-state index contributed by atoms with van der Waals surface area (Å²) in [6, 6.07) is 3.08. The van der Waals surface area contributed by atoms with Crippen molar-refractivity contribution in [3.63, 3.8) is 0 Å². The van der Waals surface area contributed by atoms with Gasteiger partial charge in [0.25, 0.3) is 0 Å². The molecule has 0 saturated heterocycles. The maximum atomic E-state index is 13.6. The van der Waals surface area contributed by atoms with Crippen LogP contribution in [0.15, 0.2) is 35.7 Å². The zero-order valence-corrected chi connectivity index (χ0v) is 15.9. The molecule has 0 amide bonds. The van der Waals surface area contributed by atoms with Gasteiger partial charge < -0.3 is 10.1 Å². The standard InChI is InChI=1S/C18H20FN7O2/c1-10(12-7-11(19)8-21-15(12)20-4)27-14-5-6-26-17(23-14)13(9-22-26)16-24-18(2,3)28-25-16/h5-10H,1-4H3,(H,20,21)(H,24,25)/t10-/m1/s1. The van der Waals surface area contributed by atoms with Crippen molar-refractivity contribution < 1.29 is 14.0 Å². The highest BCUT2D eigenvalue weighted by Crippen LogP contribution is 2.27. The van der Waals surface area contributed by atoms with Gasteiger partial charge in [0, 0.05) is 24.9 Å². The molecule has 0 aromatic carbocycles. The minimum atomic E-state index is -0.667. The maximum absolute atomic E-state index is 13.6. The number of rotatable bonds is 5. The monoisotopic (exact) mass is 385 g/mol. The fraction of sp³-hybridized carbons (Fsp3) is 0.333. The lowest BCUT2D eigenvalue weighted by Crippen LogP contribution is -2.23. The summed E-state index contributed by atoms with van der Waals surface area (Å²) in [5.41, 5.74) is 3.98. The molecule has 10 heteroatoms. The van der Waals surface area contributed by atoms with Crippen molar-refractivity contribution in [2.75, 3.05) is 12.4 Å². The molecule has 146 valence electrons. The molecule has 0 saturated carbocycles. The van der Waals surface area contributed by atoms with Crippen LogP contribution in [0.3, 0.4) is 0 Å². The Morgan fingerprint density at radius 3 is 2.89 bits per heavy atom. The van der Waals surface area contributed by atoms with E-state index in [0.29, 0.717) is 34.3 Å². The number of ether oxygens (including phenoxy) is 1. The summed E-state index contributed by atoms with van der Waals surface area (Å²) in [4.78, 5) is 18.5. The number of fused-ring (bicyclic) bond motifs is 1. The van der Waals surface area contributed by atoms with E-state index in [2.05, 4.69) is 30.9 Å². The molecule has 4 heterocycles. The molecule has 0 spiro atoms. The number of amidine groups is 1. The number of nitrogens with one attached hydrogen (secondary N) is 2. The number of aliphatic imine (C=N–C) groups is 1. The third-order valence-corrected chi connectivity index (χ3v) is 4.23. The smallest absolute Gasteiger partial charge is 0.217 e. The van der Waals surface area contributed by atoms with Gasteiger partial charge in [-0.25, -0.2) is 29.2 Å².